The van der Waals surface area contributed by atoms with Crippen LogP contribution in [0.15, 0.2) is 18.5 Å². The van der Waals surface area contributed by atoms with Crippen LogP contribution in [-0.2, 0) is 4.79 Å². The summed E-state index contributed by atoms with van der Waals surface area (Å²) in [4.78, 5) is 31.6. The molecule has 1 aliphatic carbocycles. The van der Waals surface area contributed by atoms with Gasteiger partial charge in [-0.1, -0.05) is 0 Å². The number of carbonyl (C=O) groups is 2. The fraction of sp³-hybridized carbons (Fsp3) is 0.696. The van der Waals surface area contributed by atoms with Gasteiger partial charge in [0.05, 0.1) is 12.1 Å². The highest BCUT2D eigenvalue weighted by molar-refractivity contribution is 5.94. The molecule has 1 aromatic rings. The zero-order chi connectivity index (χ0) is 20.6. The molecular formula is C23H34N4O2. The first-order valence-corrected chi connectivity index (χ1v) is 11.1. The van der Waals surface area contributed by atoms with E-state index in [1.54, 1.807) is 6.20 Å². The monoisotopic (exact) mass is 398 g/mol. The van der Waals surface area contributed by atoms with Crippen LogP contribution >= 0.6 is 0 Å². The van der Waals surface area contributed by atoms with Crippen molar-refractivity contribution >= 4 is 11.8 Å². The van der Waals surface area contributed by atoms with E-state index in [1.165, 1.54) is 18.4 Å². The quantitative estimate of drug-likeness (QED) is 0.773. The standard InChI is InChI=1S/C23H34N4O2/c1-23(2,3)26-21(28)14-27-19-6-7-20(27)9-15(8-19)11-25-22(29)18-10-17(12-24-13-18)16-4-5-16/h10,12-13,15-16,19-20H,4-9,11,14H2,1-3H3,(H,25,29)(H,26,28)/t15?,19-,20+. The average Bonchev–Trinajstić information content (AvgIpc) is 3.46. The fourth-order valence-corrected chi connectivity index (χ4v) is 5.00. The van der Waals surface area contributed by atoms with Gasteiger partial charge in [0.1, 0.15) is 0 Å². The molecule has 3 fully saturated rings. The van der Waals surface area contributed by atoms with E-state index in [0.29, 0.717) is 42.6 Å². The van der Waals surface area contributed by atoms with E-state index >= 15 is 0 Å². The van der Waals surface area contributed by atoms with Crippen molar-refractivity contribution in [3.8, 4) is 0 Å². The number of nitrogens with zero attached hydrogens (tertiary/aromatic N) is 2. The molecule has 0 spiro atoms. The summed E-state index contributed by atoms with van der Waals surface area (Å²) in [5.41, 5.74) is 1.68. The fourth-order valence-electron chi connectivity index (χ4n) is 5.00. The summed E-state index contributed by atoms with van der Waals surface area (Å²) in [6, 6.07) is 2.92. The Balaban J connectivity index is 1.27. The molecular weight excluding hydrogens is 364 g/mol. The average molecular weight is 399 g/mol. The van der Waals surface area contributed by atoms with Crippen LogP contribution in [0, 0.1) is 5.92 Å². The minimum absolute atomic E-state index is 0.0145. The lowest BCUT2D eigenvalue weighted by Gasteiger charge is -2.39. The summed E-state index contributed by atoms with van der Waals surface area (Å²) >= 11 is 0. The molecule has 3 atom stereocenters. The maximum absolute atomic E-state index is 12.6. The lowest BCUT2D eigenvalue weighted by atomic mass is 9.90. The third-order valence-electron chi connectivity index (χ3n) is 6.44. The Morgan fingerprint density at radius 3 is 2.41 bits per heavy atom. The molecule has 6 nitrogen and oxygen atoms in total. The molecule has 0 radical (unpaired) electrons. The first-order chi connectivity index (χ1) is 13.8. The van der Waals surface area contributed by atoms with E-state index in [-0.39, 0.29) is 17.4 Å². The Hall–Kier alpha value is -1.95. The Bertz CT molecular complexity index is 754. The number of aromatic nitrogens is 1. The molecule has 2 aliphatic heterocycles. The molecule has 1 unspecified atom stereocenters. The number of amides is 2. The second kappa shape index (κ2) is 8.05. The van der Waals surface area contributed by atoms with Crippen LogP contribution in [0.1, 0.15) is 81.1 Å². The summed E-state index contributed by atoms with van der Waals surface area (Å²) in [6.45, 7) is 7.26. The minimum atomic E-state index is -0.190. The molecule has 1 aromatic heterocycles. The number of hydrogen-bond donors (Lipinski definition) is 2. The van der Waals surface area contributed by atoms with E-state index in [4.69, 9.17) is 0 Å². The first-order valence-electron chi connectivity index (χ1n) is 11.1. The lowest BCUT2D eigenvalue weighted by Crippen LogP contribution is -2.52. The van der Waals surface area contributed by atoms with Gasteiger partial charge in [0, 0.05) is 36.6 Å². The summed E-state index contributed by atoms with van der Waals surface area (Å²) in [5, 5.41) is 6.21. The molecule has 4 rings (SSSR count). The van der Waals surface area contributed by atoms with Gasteiger partial charge in [0.2, 0.25) is 5.91 Å². The highest BCUT2D eigenvalue weighted by Gasteiger charge is 2.41. The molecule has 2 saturated heterocycles. The van der Waals surface area contributed by atoms with Crippen molar-refractivity contribution in [2.45, 2.75) is 82.8 Å². The van der Waals surface area contributed by atoms with Gasteiger partial charge in [-0.2, -0.15) is 0 Å². The van der Waals surface area contributed by atoms with E-state index in [0.717, 1.165) is 25.7 Å². The highest BCUT2D eigenvalue weighted by atomic mass is 16.2. The molecule has 2 bridgehead atoms. The Labute approximate surface area is 173 Å². The normalized spacial score (nSPS) is 26.9. The van der Waals surface area contributed by atoms with Gasteiger partial charge in [0.25, 0.3) is 5.91 Å². The predicted molar refractivity (Wildman–Crippen MR) is 113 cm³/mol. The van der Waals surface area contributed by atoms with E-state index in [2.05, 4.69) is 20.5 Å². The summed E-state index contributed by atoms with van der Waals surface area (Å²) in [6.07, 6.45) is 10.4. The molecule has 1 saturated carbocycles. The number of nitrogens with one attached hydrogen (secondary N) is 2. The lowest BCUT2D eigenvalue weighted by molar-refractivity contribution is -0.125. The van der Waals surface area contributed by atoms with Crippen LogP contribution in [0.4, 0.5) is 0 Å². The Morgan fingerprint density at radius 1 is 1.10 bits per heavy atom. The van der Waals surface area contributed by atoms with Gasteiger partial charge in [0.15, 0.2) is 0 Å². The smallest absolute Gasteiger partial charge is 0.252 e. The number of fused-ring (bicyclic) bond motifs is 2. The Morgan fingerprint density at radius 2 is 1.79 bits per heavy atom. The molecule has 3 heterocycles. The van der Waals surface area contributed by atoms with E-state index in [1.807, 2.05) is 33.0 Å². The van der Waals surface area contributed by atoms with Crippen LogP contribution in [0.5, 0.6) is 0 Å². The maximum Gasteiger partial charge on any atom is 0.252 e. The van der Waals surface area contributed by atoms with Crippen LogP contribution in [-0.4, -0.2) is 52.4 Å². The maximum atomic E-state index is 12.6. The van der Waals surface area contributed by atoms with Crippen molar-refractivity contribution in [1.29, 1.82) is 0 Å². The minimum Gasteiger partial charge on any atom is -0.352 e. The van der Waals surface area contributed by atoms with Gasteiger partial charge in [-0.15, -0.1) is 0 Å². The SMILES string of the molecule is CC(C)(C)NC(=O)CN1[C@@H]2CC[C@H]1CC(CNC(=O)c1cncc(C3CC3)c1)C2. The zero-order valence-electron chi connectivity index (χ0n) is 17.9. The van der Waals surface area contributed by atoms with E-state index < -0.39 is 0 Å². The Kier molecular flexibility index (Phi) is 5.65. The van der Waals surface area contributed by atoms with Crippen molar-refractivity contribution in [2.75, 3.05) is 13.1 Å². The van der Waals surface area contributed by atoms with Gasteiger partial charge in [-0.3, -0.25) is 19.5 Å². The van der Waals surface area contributed by atoms with Crippen molar-refractivity contribution in [1.82, 2.24) is 20.5 Å². The largest absolute Gasteiger partial charge is 0.352 e. The van der Waals surface area contributed by atoms with Gasteiger partial charge in [-0.25, -0.2) is 0 Å². The van der Waals surface area contributed by atoms with Crippen LogP contribution < -0.4 is 10.6 Å². The number of pyridine rings is 1. The van der Waals surface area contributed by atoms with Crippen molar-refractivity contribution < 1.29 is 9.59 Å². The number of rotatable bonds is 6. The van der Waals surface area contributed by atoms with Gasteiger partial charge >= 0.3 is 0 Å². The number of piperidine rings is 1. The molecule has 6 heteroatoms. The third-order valence-corrected chi connectivity index (χ3v) is 6.44. The van der Waals surface area contributed by atoms with Gasteiger partial charge < -0.3 is 10.6 Å². The molecule has 158 valence electrons. The number of carbonyl (C=O) groups excluding carboxylic acids is 2. The summed E-state index contributed by atoms with van der Waals surface area (Å²) in [5.74, 6) is 1.19. The zero-order valence-corrected chi connectivity index (χ0v) is 17.9. The predicted octanol–water partition coefficient (Wildman–Crippen LogP) is 2.85. The van der Waals surface area contributed by atoms with E-state index in [9.17, 15) is 9.59 Å². The summed E-state index contributed by atoms with van der Waals surface area (Å²) in [7, 11) is 0. The topological polar surface area (TPSA) is 74.3 Å². The van der Waals surface area contributed by atoms with Crippen LogP contribution in [0.2, 0.25) is 0 Å². The molecule has 3 aliphatic rings. The van der Waals surface area contributed by atoms with Crippen molar-refractivity contribution in [2.24, 2.45) is 5.92 Å². The third kappa shape index (κ3) is 5.16. The molecule has 0 aromatic carbocycles. The van der Waals surface area contributed by atoms with Crippen molar-refractivity contribution in [3.05, 3.63) is 29.6 Å². The van der Waals surface area contributed by atoms with Crippen molar-refractivity contribution in [3.63, 3.8) is 0 Å². The van der Waals surface area contributed by atoms with Crippen LogP contribution in [0.3, 0.4) is 0 Å². The first kappa shape index (κ1) is 20.3. The second-order valence-corrected chi connectivity index (χ2v) is 10.2. The second-order valence-electron chi connectivity index (χ2n) is 10.2. The van der Waals surface area contributed by atoms with Crippen LogP contribution in [0.25, 0.3) is 0 Å². The summed E-state index contributed by atoms with van der Waals surface area (Å²) < 4.78 is 0. The number of hydrogen-bond acceptors (Lipinski definition) is 4. The highest BCUT2D eigenvalue weighted by Crippen LogP contribution is 2.40. The molecule has 29 heavy (non-hydrogen) atoms. The van der Waals surface area contributed by atoms with Gasteiger partial charge in [-0.05, 0) is 82.8 Å². The molecule has 2 amide bonds. The molecule has 2 N–H and O–H groups in total.